The summed E-state index contributed by atoms with van der Waals surface area (Å²) >= 11 is 12.3. The maximum Gasteiger partial charge on any atom is 0.291 e. The number of nitrogens with one attached hydrogen (secondary N) is 1. The van der Waals surface area contributed by atoms with Crippen LogP contribution in [0.4, 0.5) is 5.69 Å². The Labute approximate surface area is 155 Å². The zero-order valence-electron chi connectivity index (χ0n) is 13.7. The molecule has 5 nitrogen and oxygen atoms in total. The minimum absolute atomic E-state index is 0.135. The van der Waals surface area contributed by atoms with E-state index in [1.165, 1.54) is 24.5 Å². The molecule has 2 amide bonds. The summed E-state index contributed by atoms with van der Waals surface area (Å²) in [5.41, 5.74) is 0.531. The van der Waals surface area contributed by atoms with Gasteiger partial charge in [0.1, 0.15) is 0 Å². The van der Waals surface area contributed by atoms with Crippen molar-refractivity contribution in [3.8, 4) is 0 Å². The summed E-state index contributed by atoms with van der Waals surface area (Å²) in [5, 5.41) is 3.22. The third kappa shape index (κ3) is 3.99. The van der Waals surface area contributed by atoms with Gasteiger partial charge in [-0.1, -0.05) is 30.1 Å². The van der Waals surface area contributed by atoms with Crippen LogP contribution in [0.15, 0.2) is 34.9 Å². The second kappa shape index (κ2) is 7.50. The number of halogens is 2. The molecular weight excluding hydrogens is 363 g/mol. The Morgan fingerprint density at radius 1 is 1.24 bits per heavy atom. The van der Waals surface area contributed by atoms with Gasteiger partial charge in [0.05, 0.1) is 22.5 Å². The van der Waals surface area contributed by atoms with E-state index in [1.807, 2.05) is 0 Å². The Morgan fingerprint density at radius 2 is 1.96 bits per heavy atom. The normalized spacial score (nSPS) is 15.2. The van der Waals surface area contributed by atoms with E-state index in [0.29, 0.717) is 24.0 Å². The van der Waals surface area contributed by atoms with Gasteiger partial charge in [0.2, 0.25) is 0 Å². The van der Waals surface area contributed by atoms with Crippen molar-refractivity contribution in [3.05, 3.63) is 51.9 Å². The first kappa shape index (κ1) is 17.8. The van der Waals surface area contributed by atoms with Crippen LogP contribution in [0, 0.1) is 5.92 Å². The van der Waals surface area contributed by atoms with Crippen LogP contribution in [0.2, 0.25) is 10.0 Å². The van der Waals surface area contributed by atoms with E-state index in [4.69, 9.17) is 27.6 Å². The highest BCUT2D eigenvalue weighted by Gasteiger charge is 2.26. The smallest absolute Gasteiger partial charge is 0.291 e. The number of carbonyl (C=O) groups is 2. The SMILES string of the molecule is CC1CCN(C(=O)c2cc(Cl)cc(Cl)c2NC(=O)c2ccco2)CC1. The maximum absolute atomic E-state index is 12.9. The van der Waals surface area contributed by atoms with Crippen LogP contribution >= 0.6 is 23.2 Å². The Balaban J connectivity index is 1.90. The Morgan fingerprint density at radius 3 is 2.60 bits per heavy atom. The first-order valence-corrected chi connectivity index (χ1v) is 8.84. The van der Waals surface area contributed by atoms with Crippen molar-refractivity contribution in [2.45, 2.75) is 19.8 Å². The van der Waals surface area contributed by atoms with Gasteiger partial charge >= 0.3 is 0 Å². The summed E-state index contributed by atoms with van der Waals surface area (Å²) in [6, 6.07) is 6.17. The van der Waals surface area contributed by atoms with Crippen molar-refractivity contribution in [3.63, 3.8) is 0 Å². The second-order valence-electron chi connectivity index (χ2n) is 6.22. The van der Waals surface area contributed by atoms with Crippen LogP contribution in [0.25, 0.3) is 0 Å². The van der Waals surface area contributed by atoms with Crippen LogP contribution in [0.5, 0.6) is 0 Å². The highest BCUT2D eigenvalue weighted by molar-refractivity contribution is 6.38. The van der Waals surface area contributed by atoms with E-state index in [0.717, 1.165) is 12.8 Å². The van der Waals surface area contributed by atoms with Gasteiger partial charge in [-0.2, -0.15) is 0 Å². The Kier molecular flexibility index (Phi) is 5.35. The van der Waals surface area contributed by atoms with Crippen LogP contribution in [0.3, 0.4) is 0 Å². The van der Waals surface area contributed by atoms with E-state index in [1.54, 1.807) is 11.0 Å². The number of carbonyl (C=O) groups excluding carboxylic acids is 2. The van der Waals surface area contributed by atoms with Crippen LogP contribution in [0.1, 0.15) is 40.7 Å². The van der Waals surface area contributed by atoms with Crippen molar-refractivity contribution in [1.82, 2.24) is 4.90 Å². The average molecular weight is 381 g/mol. The van der Waals surface area contributed by atoms with Gasteiger partial charge in [-0.3, -0.25) is 9.59 Å². The topological polar surface area (TPSA) is 62.6 Å². The molecule has 0 aliphatic carbocycles. The predicted molar refractivity (Wildman–Crippen MR) is 97.4 cm³/mol. The lowest BCUT2D eigenvalue weighted by molar-refractivity contribution is 0.0698. The van der Waals surface area contributed by atoms with Gasteiger partial charge in [0, 0.05) is 18.1 Å². The molecule has 0 atom stereocenters. The summed E-state index contributed by atoms with van der Waals surface area (Å²) in [6.45, 7) is 3.53. The number of piperidine rings is 1. The molecule has 1 aromatic heterocycles. The van der Waals surface area contributed by atoms with Gasteiger partial charge in [-0.25, -0.2) is 0 Å². The highest BCUT2D eigenvalue weighted by atomic mass is 35.5. The lowest BCUT2D eigenvalue weighted by atomic mass is 9.98. The molecule has 1 fully saturated rings. The summed E-state index contributed by atoms with van der Waals surface area (Å²) in [6.07, 6.45) is 3.31. The molecule has 0 unspecified atom stereocenters. The molecular formula is C18H18Cl2N2O3. The first-order chi connectivity index (χ1) is 12.0. The Hall–Kier alpha value is -1.98. The minimum Gasteiger partial charge on any atom is -0.459 e. The number of amides is 2. The Bertz CT molecular complexity index is 782. The average Bonchev–Trinajstić information content (AvgIpc) is 3.11. The second-order valence-corrected chi connectivity index (χ2v) is 7.06. The molecule has 1 saturated heterocycles. The van der Waals surface area contributed by atoms with Crippen LogP contribution in [-0.4, -0.2) is 29.8 Å². The number of benzene rings is 1. The molecule has 1 aliphatic heterocycles. The monoisotopic (exact) mass is 380 g/mol. The van der Waals surface area contributed by atoms with E-state index in [9.17, 15) is 9.59 Å². The van der Waals surface area contributed by atoms with Crippen molar-refractivity contribution in [2.75, 3.05) is 18.4 Å². The molecule has 2 aromatic rings. The molecule has 25 heavy (non-hydrogen) atoms. The number of nitrogens with zero attached hydrogens (tertiary/aromatic N) is 1. The van der Waals surface area contributed by atoms with E-state index < -0.39 is 5.91 Å². The standard InChI is InChI=1S/C18H18Cl2N2O3/c1-11-4-6-22(7-5-11)18(24)13-9-12(19)10-14(20)16(13)21-17(23)15-3-2-8-25-15/h2-3,8-11H,4-7H2,1H3,(H,21,23). The molecule has 1 aromatic carbocycles. The van der Waals surface area contributed by atoms with Gasteiger partial charge in [0.15, 0.2) is 5.76 Å². The van der Waals surface area contributed by atoms with Crippen molar-refractivity contribution >= 4 is 40.7 Å². The molecule has 0 saturated carbocycles. The molecule has 1 aliphatic rings. The number of hydrogen-bond donors (Lipinski definition) is 1. The fourth-order valence-electron chi connectivity index (χ4n) is 2.83. The fraction of sp³-hybridized carbons (Fsp3) is 0.333. The zero-order valence-corrected chi connectivity index (χ0v) is 15.2. The van der Waals surface area contributed by atoms with E-state index in [2.05, 4.69) is 12.2 Å². The highest BCUT2D eigenvalue weighted by Crippen LogP contribution is 2.32. The number of anilines is 1. The molecule has 0 spiro atoms. The lowest BCUT2D eigenvalue weighted by Gasteiger charge is -2.31. The largest absolute Gasteiger partial charge is 0.459 e. The van der Waals surface area contributed by atoms with E-state index in [-0.39, 0.29) is 27.9 Å². The quantitative estimate of drug-likeness (QED) is 0.838. The van der Waals surface area contributed by atoms with Crippen molar-refractivity contribution in [1.29, 1.82) is 0 Å². The predicted octanol–water partition coefficient (Wildman–Crippen LogP) is 4.71. The maximum atomic E-state index is 12.9. The third-order valence-electron chi connectivity index (χ3n) is 4.34. The molecule has 0 bridgehead atoms. The number of likely N-dealkylation sites (tertiary alicyclic amines) is 1. The van der Waals surface area contributed by atoms with Gasteiger partial charge < -0.3 is 14.6 Å². The summed E-state index contributed by atoms with van der Waals surface area (Å²) in [5.74, 6) is 0.0721. The molecule has 1 N–H and O–H groups in total. The van der Waals surface area contributed by atoms with Gasteiger partial charge in [-0.15, -0.1) is 0 Å². The lowest BCUT2D eigenvalue weighted by Crippen LogP contribution is -2.38. The summed E-state index contributed by atoms with van der Waals surface area (Å²) in [7, 11) is 0. The number of hydrogen-bond acceptors (Lipinski definition) is 3. The van der Waals surface area contributed by atoms with Gasteiger partial charge in [-0.05, 0) is 43.0 Å². The third-order valence-corrected chi connectivity index (χ3v) is 4.86. The summed E-state index contributed by atoms with van der Waals surface area (Å²) in [4.78, 5) is 27.0. The molecule has 132 valence electrons. The molecule has 7 heteroatoms. The summed E-state index contributed by atoms with van der Waals surface area (Å²) < 4.78 is 5.08. The minimum atomic E-state index is -0.476. The van der Waals surface area contributed by atoms with E-state index >= 15 is 0 Å². The van der Waals surface area contributed by atoms with Crippen molar-refractivity contribution < 1.29 is 14.0 Å². The van der Waals surface area contributed by atoms with Crippen LogP contribution < -0.4 is 5.32 Å². The number of rotatable bonds is 3. The molecule has 2 heterocycles. The first-order valence-electron chi connectivity index (χ1n) is 8.09. The van der Waals surface area contributed by atoms with Gasteiger partial charge in [0.25, 0.3) is 11.8 Å². The van der Waals surface area contributed by atoms with Crippen LogP contribution in [-0.2, 0) is 0 Å². The number of furan rings is 1. The molecule has 3 rings (SSSR count). The fourth-order valence-corrected chi connectivity index (χ4v) is 3.37. The zero-order chi connectivity index (χ0) is 18.0. The molecule has 0 radical (unpaired) electrons. The van der Waals surface area contributed by atoms with Crippen molar-refractivity contribution in [2.24, 2.45) is 5.92 Å².